The largest absolute Gasteiger partial charge is 0.468 e. The molecule has 1 aliphatic heterocycles. The lowest BCUT2D eigenvalue weighted by molar-refractivity contribution is 0.0123. The van der Waals surface area contributed by atoms with Gasteiger partial charge >= 0.3 is 6.03 Å². The number of carbonyl (C=O) groups excluding carboxylic acids is 1. The lowest BCUT2D eigenvalue weighted by atomic mass is 10.1. The summed E-state index contributed by atoms with van der Waals surface area (Å²) in [7, 11) is 0. The van der Waals surface area contributed by atoms with Crippen molar-refractivity contribution in [1.82, 2.24) is 15.5 Å². The van der Waals surface area contributed by atoms with Crippen molar-refractivity contribution in [2.75, 3.05) is 32.8 Å². The van der Waals surface area contributed by atoms with E-state index in [4.69, 9.17) is 9.15 Å². The maximum atomic E-state index is 11.9. The monoisotopic (exact) mass is 295 g/mol. The quantitative estimate of drug-likeness (QED) is 0.839. The first kappa shape index (κ1) is 15.9. The molecule has 1 aliphatic rings. The number of nitrogens with one attached hydrogen (secondary N) is 2. The molecule has 118 valence electrons. The summed E-state index contributed by atoms with van der Waals surface area (Å²) in [6, 6.07) is 3.92. The van der Waals surface area contributed by atoms with Crippen molar-refractivity contribution in [3.05, 3.63) is 24.2 Å². The lowest BCUT2D eigenvalue weighted by Crippen LogP contribution is -2.47. The molecule has 6 nitrogen and oxygen atoms in total. The zero-order valence-corrected chi connectivity index (χ0v) is 12.8. The number of hydrogen-bond donors (Lipinski definition) is 2. The molecule has 1 aromatic rings. The van der Waals surface area contributed by atoms with E-state index in [1.807, 2.05) is 26.0 Å². The maximum absolute atomic E-state index is 11.9. The SMILES string of the molecule is CCC(C)NC(=O)NCC(c1ccco1)N1CCOCC1. The first-order valence-corrected chi connectivity index (χ1v) is 7.60. The minimum absolute atomic E-state index is 0.0478. The van der Waals surface area contributed by atoms with E-state index in [1.165, 1.54) is 0 Å². The van der Waals surface area contributed by atoms with Crippen molar-refractivity contribution in [2.24, 2.45) is 0 Å². The van der Waals surface area contributed by atoms with E-state index >= 15 is 0 Å². The molecule has 2 atom stereocenters. The summed E-state index contributed by atoms with van der Waals surface area (Å²) in [6.07, 6.45) is 2.58. The average molecular weight is 295 g/mol. The fourth-order valence-electron chi connectivity index (χ4n) is 2.35. The van der Waals surface area contributed by atoms with Gasteiger partial charge in [0.25, 0.3) is 0 Å². The second-order valence-corrected chi connectivity index (χ2v) is 5.34. The van der Waals surface area contributed by atoms with E-state index in [0.29, 0.717) is 6.54 Å². The summed E-state index contributed by atoms with van der Waals surface area (Å²) in [5, 5.41) is 5.85. The van der Waals surface area contributed by atoms with Gasteiger partial charge in [-0.2, -0.15) is 0 Å². The number of nitrogens with zero attached hydrogens (tertiary/aromatic N) is 1. The van der Waals surface area contributed by atoms with Crippen molar-refractivity contribution in [2.45, 2.75) is 32.4 Å². The fourth-order valence-corrected chi connectivity index (χ4v) is 2.35. The molecule has 1 aromatic heterocycles. The Morgan fingerprint density at radius 1 is 1.43 bits per heavy atom. The highest BCUT2D eigenvalue weighted by Crippen LogP contribution is 2.21. The smallest absolute Gasteiger partial charge is 0.315 e. The topological polar surface area (TPSA) is 66.7 Å². The summed E-state index contributed by atoms with van der Waals surface area (Å²) >= 11 is 0. The number of urea groups is 1. The van der Waals surface area contributed by atoms with Crippen LogP contribution in [0.15, 0.2) is 22.8 Å². The Labute approximate surface area is 125 Å². The first-order chi connectivity index (χ1) is 10.2. The highest BCUT2D eigenvalue weighted by Gasteiger charge is 2.25. The van der Waals surface area contributed by atoms with Crippen LogP contribution >= 0.6 is 0 Å². The Morgan fingerprint density at radius 3 is 2.81 bits per heavy atom. The van der Waals surface area contributed by atoms with E-state index in [2.05, 4.69) is 15.5 Å². The predicted molar refractivity (Wildman–Crippen MR) is 80.1 cm³/mol. The third kappa shape index (κ3) is 4.75. The summed E-state index contributed by atoms with van der Waals surface area (Å²) in [6.45, 7) is 7.69. The number of furan rings is 1. The van der Waals surface area contributed by atoms with Gasteiger partial charge in [0.05, 0.1) is 25.5 Å². The van der Waals surface area contributed by atoms with Gasteiger partial charge in [0.1, 0.15) is 5.76 Å². The number of ether oxygens (including phenoxy) is 1. The van der Waals surface area contributed by atoms with Crippen LogP contribution < -0.4 is 10.6 Å². The molecule has 2 unspecified atom stereocenters. The lowest BCUT2D eigenvalue weighted by Gasteiger charge is -2.33. The number of rotatable bonds is 6. The van der Waals surface area contributed by atoms with Crippen LogP contribution in [0.25, 0.3) is 0 Å². The average Bonchev–Trinajstić information content (AvgIpc) is 3.02. The molecule has 2 heterocycles. The third-order valence-corrected chi connectivity index (χ3v) is 3.80. The van der Waals surface area contributed by atoms with Gasteiger partial charge in [0.15, 0.2) is 0 Å². The van der Waals surface area contributed by atoms with Crippen molar-refractivity contribution in [3.63, 3.8) is 0 Å². The van der Waals surface area contributed by atoms with Crippen LogP contribution in [0.4, 0.5) is 4.79 Å². The Hall–Kier alpha value is -1.53. The predicted octanol–water partition coefficient (Wildman–Crippen LogP) is 1.75. The van der Waals surface area contributed by atoms with E-state index in [0.717, 1.165) is 38.5 Å². The van der Waals surface area contributed by atoms with Crippen LogP contribution in [-0.4, -0.2) is 49.8 Å². The molecular weight excluding hydrogens is 270 g/mol. The summed E-state index contributed by atoms with van der Waals surface area (Å²) in [4.78, 5) is 14.2. The van der Waals surface area contributed by atoms with Crippen molar-refractivity contribution < 1.29 is 13.9 Å². The van der Waals surface area contributed by atoms with Gasteiger partial charge in [-0.25, -0.2) is 4.79 Å². The van der Waals surface area contributed by atoms with Gasteiger partial charge in [-0.3, -0.25) is 4.90 Å². The molecule has 21 heavy (non-hydrogen) atoms. The number of carbonyl (C=O) groups is 1. The standard InChI is InChI=1S/C15H25N3O3/c1-3-12(2)17-15(19)16-11-13(14-5-4-8-21-14)18-6-9-20-10-7-18/h4-5,8,12-13H,3,6-7,9-11H2,1-2H3,(H2,16,17,19). The summed E-state index contributed by atoms with van der Waals surface area (Å²) in [5.74, 6) is 0.876. The molecule has 0 aromatic carbocycles. The molecule has 0 radical (unpaired) electrons. The minimum atomic E-state index is -0.130. The number of morpholine rings is 1. The van der Waals surface area contributed by atoms with E-state index < -0.39 is 0 Å². The Morgan fingerprint density at radius 2 is 2.19 bits per heavy atom. The van der Waals surface area contributed by atoms with Gasteiger partial charge in [0, 0.05) is 25.7 Å². The molecule has 1 fully saturated rings. The molecule has 0 bridgehead atoms. The van der Waals surface area contributed by atoms with Crippen LogP contribution in [0.1, 0.15) is 32.1 Å². The number of hydrogen-bond acceptors (Lipinski definition) is 4. The first-order valence-electron chi connectivity index (χ1n) is 7.60. The van der Waals surface area contributed by atoms with Gasteiger partial charge < -0.3 is 19.8 Å². The fraction of sp³-hybridized carbons (Fsp3) is 0.667. The molecule has 2 amide bonds. The number of amides is 2. The highest BCUT2D eigenvalue weighted by molar-refractivity contribution is 5.74. The highest BCUT2D eigenvalue weighted by atomic mass is 16.5. The molecule has 2 rings (SSSR count). The van der Waals surface area contributed by atoms with Gasteiger partial charge in [-0.15, -0.1) is 0 Å². The molecule has 0 spiro atoms. The van der Waals surface area contributed by atoms with E-state index in [9.17, 15) is 4.79 Å². The Balaban J connectivity index is 1.91. The zero-order valence-electron chi connectivity index (χ0n) is 12.8. The van der Waals surface area contributed by atoms with Crippen molar-refractivity contribution in [3.8, 4) is 0 Å². The second kappa shape index (κ2) is 8.05. The normalized spacial score (nSPS) is 19.0. The van der Waals surface area contributed by atoms with Crippen LogP contribution in [-0.2, 0) is 4.74 Å². The molecular formula is C15H25N3O3. The van der Waals surface area contributed by atoms with Crippen LogP contribution in [0.2, 0.25) is 0 Å². The zero-order chi connectivity index (χ0) is 15.1. The molecule has 6 heteroatoms. The van der Waals surface area contributed by atoms with Crippen LogP contribution in [0, 0.1) is 0 Å². The molecule has 0 saturated carbocycles. The molecule has 1 saturated heterocycles. The Kier molecular flexibility index (Phi) is 6.07. The molecule has 2 N–H and O–H groups in total. The summed E-state index contributed by atoms with van der Waals surface area (Å²) in [5.41, 5.74) is 0. The van der Waals surface area contributed by atoms with E-state index in [-0.39, 0.29) is 18.1 Å². The van der Waals surface area contributed by atoms with Crippen LogP contribution in [0.5, 0.6) is 0 Å². The minimum Gasteiger partial charge on any atom is -0.468 e. The van der Waals surface area contributed by atoms with E-state index in [1.54, 1.807) is 6.26 Å². The Bertz CT molecular complexity index is 416. The van der Waals surface area contributed by atoms with Gasteiger partial charge in [-0.1, -0.05) is 6.92 Å². The van der Waals surface area contributed by atoms with Gasteiger partial charge in [-0.05, 0) is 25.5 Å². The van der Waals surface area contributed by atoms with Gasteiger partial charge in [0.2, 0.25) is 0 Å². The second-order valence-electron chi connectivity index (χ2n) is 5.34. The summed E-state index contributed by atoms with van der Waals surface area (Å²) < 4.78 is 10.9. The van der Waals surface area contributed by atoms with Crippen LogP contribution in [0.3, 0.4) is 0 Å². The third-order valence-electron chi connectivity index (χ3n) is 3.80. The van der Waals surface area contributed by atoms with Crippen molar-refractivity contribution in [1.29, 1.82) is 0 Å². The molecule has 0 aliphatic carbocycles. The maximum Gasteiger partial charge on any atom is 0.315 e. The van der Waals surface area contributed by atoms with Crippen molar-refractivity contribution >= 4 is 6.03 Å².